The number of nitrogens with one attached hydrogen (secondary N) is 2. The van der Waals surface area contributed by atoms with E-state index in [0.29, 0.717) is 18.5 Å². The zero-order valence-electron chi connectivity index (χ0n) is 16.0. The SMILES string of the molecule is CC1(C)[C@H](C(=O)Nc2ccc(Nc3ccccc3)cc2)CC[C@@]1(C)C(=O)O. The Kier molecular flexibility index (Phi) is 4.96. The molecule has 5 nitrogen and oxygen atoms in total. The minimum Gasteiger partial charge on any atom is -0.481 e. The Hall–Kier alpha value is -2.82. The summed E-state index contributed by atoms with van der Waals surface area (Å²) in [4.78, 5) is 24.5. The molecule has 0 bridgehead atoms. The molecular weight excluding hydrogens is 340 g/mol. The maximum absolute atomic E-state index is 12.8. The van der Waals surface area contributed by atoms with Gasteiger partial charge < -0.3 is 15.7 Å². The van der Waals surface area contributed by atoms with Crippen LogP contribution in [0.15, 0.2) is 54.6 Å². The number of hydrogen-bond acceptors (Lipinski definition) is 3. The van der Waals surface area contributed by atoms with Gasteiger partial charge in [-0.3, -0.25) is 9.59 Å². The molecule has 2 atom stereocenters. The van der Waals surface area contributed by atoms with Crippen LogP contribution in [0.25, 0.3) is 0 Å². The lowest BCUT2D eigenvalue weighted by atomic mass is 9.65. The number of carboxylic acids is 1. The van der Waals surface area contributed by atoms with Crippen molar-refractivity contribution in [2.45, 2.75) is 33.6 Å². The average Bonchev–Trinajstić information content (AvgIpc) is 2.88. The monoisotopic (exact) mass is 366 g/mol. The normalized spacial score (nSPS) is 23.6. The number of carbonyl (C=O) groups excluding carboxylic acids is 1. The molecule has 1 amide bonds. The largest absolute Gasteiger partial charge is 0.481 e. The molecule has 1 saturated carbocycles. The molecule has 142 valence electrons. The van der Waals surface area contributed by atoms with E-state index in [1.807, 2.05) is 68.4 Å². The van der Waals surface area contributed by atoms with Crippen LogP contribution in [0.2, 0.25) is 0 Å². The second-order valence-corrected chi connectivity index (χ2v) is 8.01. The fraction of sp³-hybridized carbons (Fsp3) is 0.364. The fourth-order valence-electron chi connectivity index (χ4n) is 3.90. The van der Waals surface area contributed by atoms with Crippen LogP contribution in [0.4, 0.5) is 17.1 Å². The predicted molar refractivity (Wildman–Crippen MR) is 107 cm³/mol. The maximum Gasteiger partial charge on any atom is 0.309 e. The van der Waals surface area contributed by atoms with Crippen molar-refractivity contribution in [3.05, 3.63) is 54.6 Å². The molecular formula is C22H26N2O3. The lowest BCUT2D eigenvalue weighted by molar-refractivity contribution is -0.154. The number of rotatable bonds is 5. The molecule has 0 unspecified atom stereocenters. The van der Waals surface area contributed by atoms with Crippen molar-refractivity contribution in [3.8, 4) is 0 Å². The summed E-state index contributed by atoms with van der Waals surface area (Å²) in [5.74, 6) is -1.28. The minimum atomic E-state index is -0.890. The Labute approximate surface area is 159 Å². The second kappa shape index (κ2) is 7.06. The number of amides is 1. The van der Waals surface area contributed by atoms with Crippen molar-refractivity contribution in [2.24, 2.45) is 16.7 Å². The number of hydrogen-bond donors (Lipinski definition) is 3. The molecule has 0 spiro atoms. The summed E-state index contributed by atoms with van der Waals surface area (Å²) in [5, 5.41) is 15.9. The van der Waals surface area contributed by atoms with Gasteiger partial charge in [-0.1, -0.05) is 32.0 Å². The zero-order valence-corrected chi connectivity index (χ0v) is 16.0. The van der Waals surface area contributed by atoms with E-state index in [4.69, 9.17) is 0 Å². The molecule has 0 radical (unpaired) electrons. The summed E-state index contributed by atoms with van der Waals surface area (Å²) in [6.45, 7) is 5.50. The Bertz CT molecular complexity index is 830. The summed E-state index contributed by atoms with van der Waals surface area (Å²) in [7, 11) is 0. The highest BCUT2D eigenvalue weighted by atomic mass is 16.4. The highest BCUT2D eigenvalue weighted by Gasteiger charge is 2.58. The van der Waals surface area contributed by atoms with E-state index in [1.165, 1.54) is 0 Å². The van der Waals surface area contributed by atoms with Gasteiger partial charge in [-0.05, 0) is 61.6 Å². The number of benzene rings is 2. The first kappa shape index (κ1) is 19.0. The third-order valence-corrected chi connectivity index (χ3v) is 6.23. The molecule has 2 aromatic rings. The third-order valence-electron chi connectivity index (χ3n) is 6.23. The summed E-state index contributed by atoms with van der Waals surface area (Å²) >= 11 is 0. The van der Waals surface area contributed by atoms with Crippen molar-refractivity contribution in [3.63, 3.8) is 0 Å². The van der Waals surface area contributed by atoms with Gasteiger partial charge in [0, 0.05) is 23.0 Å². The van der Waals surface area contributed by atoms with E-state index < -0.39 is 16.8 Å². The van der Waals surface area contributed by atoms with E-state index in [-0.39, 0.29) is 11.8 Å². The number of aliphatic carboxylic acids is 1. The number of para-hydroxylation sites is 1. The van der Waals surface area contributed by atoms with Gasteiger partial charge >= 0.3 is 5.97 Å². The van der Waals surface area contributed by atoms with Gasteiger partial charge in [0.1, 0.15) is 0 Å². The van der Waals surface area contributed by atoms with E-state index >= 15 is 0 Å². The highest BCUT2D eigenvalue weighted by Crippen LogP contribution is 2.56. The summed E-state index contributed by atoms with van der Waals surface area (Å²) in [5.41, 5.74) is 1.13. The molecule has 0 heterocycles. The van der Waals surface area contributed by atoms with Gasteiger partial charge in [0.25, 0.3) is 0 Å². The van der Waals surface area contributed by atoms with E-state index in [0.717, 1.165) is 11.4 Å². The lowest BCUT2D eigenvalue weighted by Crippen LogP contribution is -2.43. The first-order valence-corrected chi connectivity index (χ1v) is 9.20. The quantitative estimate of drug-likeness (QED) is 0.703. The molecule has 0 aliphatic heterocycles. The van der Waals surface area contributed by atoms with Crippen molar-refractivity contribution in [1.82, 2.24) is 0 Å². The number of carboxylic acid groups (broad SMARTS) is 1. The first-order chi connectivity index (χ1) is 12.7. The Morgan fingerprint density at radius 2 is 1.48 bits per heavy atom. The Balaban J connectivity index is 1.67. The average molecular weight is 366 g/mol. The van der Waals surface area contributed by atoms with Gasteiger partial charge in [-0.25, -0.2) is 0 Å². The first-order valence-electron chi connectivity index (χ1n) is 9.20. The summed E-state index contributed by atoms with van der Waals surface area (Å²) in [6, 6.07) is 17.4. The molecule has 1 fully saturated rings. The molecule has 3 N–H and O–H groups in total. The zero-order chi connectivity index (χ0) is 19.7. The van der Waals surface area contributed by atoms with E-state index in [9.17, 15) is 14.7 Å². The molecule has 27 heavy (non-hydrogen) atoms. The summed E-state index contributed by atoms with van der Waals surface area (Å²) in [6.07, 6.45) is 1.09. The standard InChI is InChI=1S/C22H26N2O3/c1-21(2)18(13-14-22(21,3)20(26)27)19(25)24-17-11-9-16(10-12-17)23-15-7-5-4-6-8-15/h4-12,18,23H,13-14H2,1-3H3,(H,24,25)(H,26,27)/t18-,22-/m0/s1. The van der Waals surface area contributed by atoms with Crippen molar-refractivity contribution >= 4 is 28.9 Å². The number of anilines is 3. The second-order valence-electron chi connectivity index (χ2n) is 8.01. The van der Waals surface area contributed by atoms with Crippen molar-refractivity contribution in [2.75, 3.05) is 10.6 Å². The number of carbonyl (C=O) groups is 2. The molecule has 0 aromatic heterocycles. The van der Waals surface area contributed by atoms with Crippen LogP contribution >= 0.6 is 0 Å². The van der Waals surface area contributed by atoms with Crippen LogP contribution in [-0.4, -0.2) is 17.0 Å². The van der Waals surface area contributed by atoms with Crippen molar-refractivity contribution < 1.29 is 14.7 Å². The van der Waals surface area contributed by atoms with Crippen LogP contribution in [0.1, 0.15) is 33.6 Å². The molecule has 2 aromatic carbocycles. The molecule has 3 rings (SSSR count). The summed E-state index contributed by atoms with van der Waals surface area (Å²) < 4.78 is 0. The predicted octanol–water partition coefficient (Wildman–Crippen LogP) is 4.90. The Morgan fingerprint density at radius 3 is 2.04 bits per heavy atom. The van der Waals surface area contributed by atoms with Gasteiger partial charge in [0.15, 0.2) is 0 Å². The maximum atomic E-state index is 12.8. The van der Waals surface area contributed by atoms with Gasteiger partial charge in [-0.2, -0.15) is 0 Å². The smallest absolute Gasteiger partial charge is 0.309 e. The minimum absolute atomic E-state index is 0.117. The van der Waals surface area contributed by atoms with Gasteiger partial charge in [0.05, 0.1) is 5.41 Å². The fourth-order valence-corrected chi connectivity index (χ4v) is 3.90. The van der Waals surface area contributed by atoms with Crippen LogP contribution in [0, 0.1) is 16.7 Å². The topological polar surface area (TPSA) is 78.4 Å². The Morgan fingerprint density at radius 1 is 0.926 bits per heavy atom. The van der Waals surface area contributed by atoms with Crippen LogP contribution in [-0.2, 0) is 9.59 Å². The third kappa shape index (κ3) is 3.54. The van der Waals surface area contributed by atoms with Crippen LogP contribution < -0.4 is 10.6 Å². The van der Waals surface area contributed by atoms with E-state index in [2.05, 4.69) is 10.6 Å². The van der Waals surface area contributed by atoms with Crippen LogP contribution in [0.3, 0.4) is 0 Å². The van der Waals surface area contributed by atoms with Crippen molar-refractivity contribution in [1.29, 1.82) is 0 Å². The van der Waals surface area contributed by atoms with E-state index in [1.54, 1.807) is 6.92 Å². The lowest BCUT2D eigenvalue weighted by Gasteiger charge is -2.37. The molecule has 0 saturated heterocycles. The molecule has 1 aliphatic rings. The molecule has 5 heteroatoms. The van der Waals surface area contributed by atoms with Crippen LogP contribution in [0.5, 0.6) is 0 Å². The van der Waals surface area contributed by atoms with Gasteiger partial charge in [0.2, 0.25) is 5.91 Å². The molecule has 1 aliphatic carbocycles. The highest BCUT2D eigenvalue weighted by molar-refractivity contribution is 5.94. The van der Waals surface area contributed by atoms with Gasteiger partial charge in [-0.15, -0.1) is 0 Å².